The van der Waals surface area contributed by atoms with Gasteiger partial charge < -0.3 is 10.3 Å². The molecule has 0 aliphatic rings. The third-order valence-corrected chi connectivity index (χ3v) is 5.76. The van der Waals surface area contributed by atoms with Crippen LogP contribution < -0.4 is 5.32 Å². The maximum absolute atomic E-state index is 13.6. The van der Waals surface area contributed by atoms with E-state index in [-0.39, 0.29) is 17.5 Å². The lowest BCUT2D eigenvalue weighted by Crippen LogP contribution is -2.31. The Labute approximate surface area is 182 Å². The lowest BCUT2D eigenvalue weighted by atomic mass is 9.95. The van der Waals surface area contributed by atoms with Gasteiger partial charge in [0.15, 0.2) is 11.6 Å². The second-order valence-electron chi connectivity index (χ2n) is 7.94. The summed E-state index contributed by atoms with van der Waals surface area (Å²) in [4.78, 5) is 28.3. The maximum atomic E-state index is 13.6. The quantitative estimate of drug-likeness (QED) is 0.367. The summed E-state index contributed by atoms with van der Waals surface area (Å²) in [5, 5.41) is 4.43. The van der Waals surface area contributed by atoms with E-state index in [9.17, 15) is 9.59 Å². The fourth-order valence-electron chi connectivity index (χ4n) is 3.90. The molecule has 0 radical (unpaired) electrons. The fourth-order valence-corrected chi connectivity index (χ4v) is 3.90. The second-order valence-corrected chi connectivity index (χ2v) is 7.94. The van der Waals surface area contributed by atoms with Crippen molar-refractivity contribution in [3.8, 4) is 0 Å². The number of carbonyl (C=O) groups excluding carboxylic acids is 2. The van der Waals surface area contributed by atoms with Crippen molar-refractivity contribution >= 4 is 22.5 Å². The van der Waals surface area contributed by atoms with Crippen LogP contribution in [0.15, 0.2) is 85.1 Å². The first-order valence-corrected chi connectivity index (χ1v) is 10.5. The van der Waals surface area contributed by atoms with Gasteiger partial charge in [0.2, 0.25) is 0 Å². The van der Waals surface area contributed by atoms with Crippen LogP contribution in [0.1, 0.15) is 57.7 Å². The zero-order valence-corrected chi connectivity index (χ0v) is 17.8. The monoisotopic (exact) mass is 410 g/mol. The van der Waals surface area contributed by atoms with E-state index < -0.39 is 6.04 Å². The zero-order chi connectivity index (χ0) is 21.8. The Morgan fingerprint density at radius 1 is 0.871 bits per heavy atom. The molecule has 4 nitrogen and oxygen atoms in total. The van der Waals surface area contributed by atoms with Gasteiger partial charge >= 0.3 is 0 Å². The number of fused-ring (bicyclic) bond motifs is 1. The van der Waals surface area contributed by atoms with Crippen molar-refractivity contribution in [1.82, 2.24) is 10.3 Å². The van der Waals surface area contributed by atoms with E-state index in [1.165, 1.54) is 0 Å². The highest BCUT2D eigenvalue weighted by molar-refractivity contribution is 6.10. The number of hydrogen-bond acceptors (Lipinski definition) is 3. The molecule has 1 aromatic heterocycles. The topological polar surface area (TPSA) is 62.0 Å². The summed E-state index contributed by atoms with van der Waals surface area (Å²) in [5.74, 6) is 0.288. The minimum atomic E-state index is -0.445. The van der Waals surface area contributed by atoms with Crippen molar-refractivity contribution in [2.75, 3.05) is 6.54 Å². The minimum absolute atomic E-state index is 0.0442. The lowest BCUT2D eigenvalue weighted by molar-refractivity contribution is 0.0943. The molecule has 31 heavy (non-hydrogen) atoms. The van der Waals surface area contributed by atoms with Crippen LogP contribution in [0.4, 0.5) is 0 Å². The molecule has 4 rings (SSSR count). The van der Waals surface area contributed by atoms with Gasteiger partial charge in [0.1, 0.15) is 0 Å². The van der Waals surface area contributed by atoms with Gasteiger partial charge in [0.05, 0.1) is 6.04 Å². The second kappa shape index (κ2) is 9.11. The number of carbonyl (C=O) groups is 2. The average Bonchev–Trinajstić information content (AvgIpc) is 3.24. The largest absolute Gasteiger partial charge is 0.360 e. The first-order chi connectivity index (χ1) is 15.0. The molecule has 1 heterocycles. The van der Waals surface area contributed by atoms with E-state index >= 15 is 0 Å². The smallest absolute Gasteiger partial charge is 0.186 e. The first kappa shape index (κ1) is 20.8. The minimum Gasteiger partial charge on any atom is -0.360 e. The van der Waals surface area contributed by atoms with Crippen molar-refractivity contribution in [3.05, 3.63) is 107 Å². The zero-order valence-electron chi connectivity index (χ0n) is 17.8. The van der Waals surface area contributed by atoms with Crippen LogP contribution >= 0.6 is 0 Å². The van der Waals surface area contributed by atoms with Gasteiger partial charge in [-0.3, -0.25) is 9.59 Å². The normalized spacial score (nSPS) is 13.1. The number of H-pyrrole nitrogens is 1. The molecule has 0 fully saturated rings. The number of aromatic amines is 1. The highest BCUT2D eigenvalue weighted by atomic mass is 16.1. The van der Waals surface area contributed by atoms with Gasteiger partial charge in [0.25, 0.3) is 0 Å². The molecule has 4 heteroatoms. The van der Waals surface area contributed by atoms with Crippen LogP contribution in [0.5, 0.6) is 0 Å². The molecule has 156 valence electrons. The molecule has 0 bridgehead atoms. The predicted octanol–water partition coefficient (Wildman–Crippen LogP) is 5.69. The number of hydrogen-bond donors (Lipinski definition) is 2. The third kappa shape index (κ3) is 4.49. The highest BCUT2D eigenvalue weighted by Crippen LogP contribution is 2.25. The van der Waals surface area contributed by atoms with Gasteiger partial charge in [-0.05, 0) is 30.0 Å². The first-order valence-electron chi connectivity index (χ1n) is 10.5. The van der Waals surface area contributed by atoms with Crippen molar-refractivity contribution in [2.45, 2.75) is 25.8 Å². The van der Waals surface area contributed by atoms with Crippen LogP contribution in [-0.4, -0.2) is 23.1 Å². The Hall–Kier alpha value is -3.50. The number of aromatic nitrogens is 1. The Bertz CT molecular complexity index is 1190. The van der Waals surface area contributed by atoms with E-state index in [2.05, 4.69) is 17.2 Å². The third-order valence-electron chi connectivity index (χ3n) is 5.76. The van der Waals surface area contributed by atoms with Crippen molar-refractivity contribution in [3.63, 3.8) is 0 Å². The van der Waals surface area contributed by atoms with Crippen LogP contribution in [0.2, 0.25) is 0 Å². The van der Waals surface area contributed by atoms with Crippen molar-refractivity contribution in [2.24, 2.45) is 0 Å². The molecule has 0 aliphatic carbocycles. The van der Waals surface area contributed by atoms with Crippen LogP contribution in [0.25, 0.3) is 10.9 Å². The summed E-state index contributed by atoms with van der Waals surface area (Å²) in [6.45, 7) is 4.32. The molecular formula is C27H26N2O2. The van der Waals surface area contributed by atoms with Crippen LogP contribution in [0.3, 0.4) is 0 Å². The number of benzene rings is 3. The number of para-hydroxylation sites is 1. The number of nitrogens with one attached hydrogen (secondary N) is 2. The van der Waals surface area contributed by atoms with E-state index in [4.69, 9.17) is 0 Å². The molecule has 0 aliphatic heterocycles. The molecule has 2 atom stereocenters. The van der Waals surface area contributed by atoms with Gasteiger partial charge in [-0.2, -0.15) is 0 Å². The number of ketones is 2. The number of rotatable bonds is 8. The van der Waals surface area contributed by atoms with Crippen LogP contribution in [-0.2, 0) is 0 Å². The lowest BCUT2D eigenvalue weighted by Gasteiger charge is -2.21. The average molecular weight is 411 g/mol. The molecular weight excluding hydrogens is 384 g/mol. The molecule has 0 unspecified atom stereocenters. The molecule has 0 saturated heterocycles. The van der Waals surface area contributed by atoms with E-state index in [0.717, 1.165) is 22.0 Å². The molecule has 0 saturated carbocycles. The molecule has 2 N–H and O–H groups in total. The maximum Gasteiger partial charge on any atom is 0.186 e. The van der Waals surface area contributed by atoms with E-state index in [1.54, 1.807) is 13.1 Å². The molecule has 0 amide bonds. The Balaban J connectivity index is 1.57. The highest BCUT2D eigenvalue weighted by Gasteiger charge is 2.24. The summed E-state index contributed by atoms with van der Waals surface area (Å²) in [6, 6.07) is 24.9. The molecule has 4 aromatic rings. The summed E-state index contributed by atoms with van der Waals surface area (Å²) >= 11 is 0. The van der Waals surface area contributed by atoms with E-state index in [1.807, 2.05) is 78.9 Å². The Morgan fingerprint density at radius 2 is 1.55 bits per heavy atom. The summed E-state index contributed by atoms with van der Waals surface area (Å²) in [5.41, 5.74) is 4.42. The SMILES string of the molecule is CC(=O)c1ccc([C@H](C)CN[C@@H](C(=O)c2c[nH]c3ccccc23)c2ccccc2)cc1. The van der Waals surface area contributed by atoms with E-state index in [0.29, 0.717) is 17.7 Å². The number of Topliss-reactive ketones (excluding diaryl/α,β-unsaturated/α-hetero) is 2. The van der Waals surface area contributed by atoms with Gasteiger partial charge in [-0.25, -0.2) is 0 Å². The summed E-state index contributed by atoms with van der Waals surface area (Å²) in [6.07, 6.45) is 1.80. The predicted molar refractivity (Wildman–Crippen MR) is 125 cm³/mol. The molecule has 0 spiro atoms. The summed E-state index contributed by atoms with van der Waals surface area (Å²) < 4.78 is 0. The van der Waals surface area contributed by atoms with Gasteiger partial charge in [-0.15, -0.1) is 0 Å². The van der Waals surface area contributed by atoms with Gasteiger partial charge in [-0.1, -0.05) is 79.7 Å². The molecule has 3 aromatic carbocycles. The van der Waals surface area contributed by atoms with Gasteiger partial charge in [0, 0.05) is 34.8 Å². The van der Waals surface area contributed by atoms with Crippen molar-refractivity contribution in [1.29, 1.82) is 0 Å². The Kier molecular flexibility index (Phi) is 6.10. The van der Waals surface area contributed by atoms with Crippen molar-refractivity contribution < 1.29 is 9.59 Å². The van der Waals surface area contributed by atoms with Crippen LogP contribution in [0, 0.1) is 0 Å². The fraction of sp³-hybridized carbons (Fsp3) is 0.185. The standard InChI is InChI=1S/C27H26N2O2/c1-18(20-12-14-21(15-13-20)19(2)30)16-29-26(22-8-4-3-5-9-22)27(31)24-17-28-25-11-7-6-10-23(24)25/h3-15,17-18,26,28-29H,16H2,1-2H3/t18-,26-/m1/s1. The summed E-state index contributed by atoms with van der Waals surface area (Å²) in [7, 11) is 0. The Morgan fingerprint density at radius 3 is 2.26 bits per heavy atom.